The Balaban J connectivity index is 1.68. The Morgan fingerprint density at radius 3 is 2.53 bits per heavy atom. The molecule has 2 fully saturated rings. The van der Waals surface area contributed by atoms with Gasteiger partial charge < -0.3 is 29.3 Å². The van der Waals surface area contributed by atoms with Gasteiger partial charge in [0, 0.05) is 56.7 Å². The lowest BCUT2D eigenvalue weighted by Crippen LogP contribution is -2.53. The van der Waals surface area contributed by atoms with Crippen molar-refractivity contribution in [3.8, 4) is 0 Å². The number of esters is 1. The largest absolute Gasteiger partial charge is 0.469 e. The molecule has 3 rings (SSSR count). The standard InChI is InChI=1S/C33H52ClN3O6/c1-33(2,3)43-32(40)36(4)23-28(20-24-12-7-6-8-13-24)35-31(39)37-18-10-15-26(22-37)30(25-14-9-16-27(34)21-25)42-19-11-17-29(38)41-5/h9,14,16,21,24,26,28,30H,6-8,10-13,15,17-20,22-23H2,1-5H3,(H,35,39). The Morgan fingerprint density at radius 1 is 1.12 bits per heavy atom. The zero-order valence-electron chi connectivity index (χ0n) is 26.7. The molecule has 1 aromatic rings. The fraction of sp³-hybridized carbons (Fsp3) is 0.727. The van der Waals surface area contributed by atoms with Crippen molar-refractivity contribution in [2.24, 2.45) is 11.8 Å². The van der Waals surface area contributed by atoms with Crippen LogP contribution in [0.2, 0.25) is 5.02 Å². The van der Waals surface area contributed by atoms with Crippen molar-refractivity contribution in [1.29, 1.82) is 0 Å². The first-order valence-corrected chi connectivity index (χ1v) is 16.3. The number of halogens is 1. The molecule has 0 bridgehead atoms. The van der Waals surface area contributed by atoms with Crippen LogP contribution >= 0.6 is 11.6 Å². The van der Waals surface area contributed by atoms with Crippen molar-refractivity contribution in [3.05, 3.63) is 34.9 Å². The summed E-state index contributed by atoms with van der Waals surface area (Å²) < 4.78 is 16.7. The highest BCUT2D eigenvalue weighted by molar-refractivity contribution is 6.30. The van der Waals surface area contributed by atoms with Gasteiger partial charge >= 0.3 is 18.1 Å². The summed E-state index contributed by atoms with van der Waals surface area (Å²) in [5.74, 6) is 0.339. The van der Waals surface area contributed by atoms with Crippen LogP contribution in [0, 0.1) is 11.8 Å². The van der Waals surface area contributed by atoms with E-state index in [0.29, 0.717) is 43.6 Å². The zero-order chi connectivity index (χ0) is 31.4. The number of urea groups is 1. The van der Waals surface area contributed by atoms with Gasteiger partial charge in [-0.1, -0.05) is 55.8 Å². The van der Waals surface area contributed by atoms with Crippen molar-refractivity contribution < 1.29 is 28.6 Å². The molecule has 3 amide bonds. The number of carbonyl (C=O) groups is 3. The molecule has 1 heterocycles. The Morgan fingerprint density at radius 2 is 1.86 bits per heavy atom. The van der Waals surface area contributed by atoms with Crippen LogP contribution in [0.3, 0.4) is 0 Å². The van der Waals surface area contributed by atoms with Gasteiger partial charge in [-0.3, -0.25) is 4.79 Å². The van der Waals surface area contributed by atoms with Gasteiger partial charge in [-0.2, -0.15) is 0 Å². The number of amides is 3. The molecule has 242 valence electrons. The molecular formula is C33H52ClN3O6. The molecule has 2 aliphatic rings. The summed E-state index contributed by atoms with van der Waals surface area (Å²) in [5, 5.41) is 3.92. The van der Waals surface area contributed by atoms with Crippen molar-refractivity contribution in [1.82, 2.24) is 15.1 Å². The minimum atomic E-state index is -0.586. The Kier molecular flexibility index (Phi) is 13.9. The lowest BCUT2D eigenvalue weighted by Gasteiger charge is -2.38. The van der Waals surface area contributed by atoms with E-state index in [1.807, 2.05) is 49.9 Å². The van der Waals surface area contributed by atoms with Crippen molar-refractivity contribution >= 4 is 29.7 Å². The van der Waals surface area contributed by atoms with E-state index in [-0.39, 0.29) is 42.6 Å². The van der Waals surface area contributed by atoms with Gasteiger partial charge in [-0.15, -0.1) is 0 Å². The van der Waals surface area contributed by atoms with Crippen LogP contribution in [-0.2, 0) is 19.0 Å². The molecule has 43 heavy (non-hydrogen) atoms. The molecule has 10 heteroatoms. The van der Waals surface area contributed by atoms with E-state index in [1.165, 1.54) is 26.4 Å². The van der Waals surface area contributed by atoms with E-state index in [9.17, 15) is 14.4 Å². The molecule has 0 spiro atoms. The molecule has 1 aliphatic carbocycles. The molecule has 0 radical (unpaired) electrons. The van der Waals surface area contributed by atoms with Gasteiger partial charge in [0.25, 0.3) is 0 Å². The lowest BCUT2D eigenvalue weighted by molar-refractivity contribution is -0.141. The highest BCUT2D eigenvalue weighted by Crippen LogP contribution is 2.34. The first-order valence-electron chi connectivity index (χ1n) is 15.9. The summed E-state index contributed by atoms with van der Waals surface area (Å²) in [4.78, 5) is 41.5. The van der Waals surface area contributed by atoms with Crippen LogP contribution in [0.1, 0.15) is 96.6 Å². The maximum absolute atomic E-state index is 13.7. The molecule has 3 atom stereocenters. The van der Waals surface area contributed by atoms with E-state index in [0.717, 1.165) is 37.7 Å². The number of hydrogen-bond donors (Lipinski definition) is 1. The third-order valence-corrected chi connectivity index (χ3v) is 8.51. The molecule has 1 aliphatic heterocycles. The first-order chi connectivity index (χ1) is 20.4. The Bertz CT molecular complexity index is 1040. The summed E-state index contributed by atoms with van der Waals surface area (Å²) in [6.07, 6.45) is 8.79. The maximum atomic E-state index is 13.7. The van der Waals surface area contributed by atoms with E-state index < -0.39 is 5.60 Å². The zero-order valence-corrected chi connectivity index (χ0v) is 27.5. The minimum Gasteiger partial charge on any atom is -0.469 e. The Hall–Kier alpha value is -2.52. The SMILES string of the molecule is COC(=O)CCCOC(c1cccc(Cl)c1)C1CCCN(C(=O)NC(CC2CCCCC2)CN(C)C(=O)OC(C)(C)C)C1. The monoisotopic (exact) mass is 621 g/mol. The van der Waals surface area contributed by atoms with Crippen LogP contribution in [0.5, 0.6) is 0 Å². The van der Waals surface area contributed by atoms with Gasteiger partial charge in [0.2, 0.25) is 0 Å². The molecule has 1 saturated heterocycles. The number of rotatable bonds is 12. The topological polar surface area (TPSA) is 97.4 Å². The molecule has 3 unspecified atom stereocenters. The number of methoxy groups -OCH3 is 1. The fourth-order valence-electron chi connectivity index (χ4n) is 6.17. The number of piperidine rings is 1. The predicted octanol–water partition coefficient (Wildman–Crippen LogP) is 6.98. The second-order valence-corrected chi connectivity index (χ2v) is 13.6. The number of ether oxygens (including phenoxy) is 3. The van der Waals surface area contributed by atoms with Crippen LogP contribution in [0.4, 0.5) is 9.59 Å². The minimum absolute atomic E-state index is 0.0670. The second kappa shape index (κ2) is 17.1. The molecular weight excluding hydrogens is 570 g/mol. The first kappa shape index (κ1) is 35.0. The number of nitrogens with one attached hydrogen (secondary N) is 1. The van der Waals surface area contributed by atoms with Gasteiger partial charge in [-0.05, 0) is 70.1 Å². The summed E-state index contributed by atoms with van der Waals surface area (Å²) in [6.45, 7) is 7.55. The number of nitrogens with zero attached hydrogens (tertiary/aromatic N) is 2. The van der Waals surface area contributed by atoms with Gasteiger partial charge in [0.05, 0.1) is 13.2 Å². The summed E-state index contributed by atoms with van der Waals surface area (Å²) in [6, 6.07) is 7.37. The van der Waals surface area contributed by atoms with Crippen molar-refractivity contribution in [2.75, 3.05) is 40.4 Å². The third kappa shape index (κ3) is 12.2. The van der Waals surface area contributed by atoms with Gasteiger partial charge in [-0.25, -0.2) is 9.59 Å². The van der Waals surface area contributed by atoms with Crippen molar-refractivity contribution in [2.45, 2.75) is 103 Å². The highest BCUT2D eigenvalue weighted by Gasteiger charge is 2.33. The quantitative estimate of drug-likeness (QED) is 0.200. The average Bonchev–Trinajstić information content (AvgIpc) is 2.96. The average molecular weight is 622 g/mol. The smallest absolute Gasteiger partial charge is 0.410 e. The van der Waals surface area contributed by atoms with Crippen LogP contribution in [0.15, 0.2) is 24.3 Å². The number of likely N-dealkylation sites (tertiary alicyclic amines) is 1. The van der Waals surface area contributed by atoms with Crippen LogP contribution in [0.25, 0.3) is 0 Å². The predicted molar refractivity (Wildman–Crippen MR) is 168 cm³/mol. The van der Waals surface area contributed by atoms with Crippen LogP contribution < -0.4 is 5.32 Å². The summed E-state index contributed by atoms with van der Waals surface area (Å²) in [7, 11) is 3.12. The number of benzene rings is 1. The van der Waals surface area contributed by atoms with Crippen molar-refractivity contribution in [3.63, 3.8) is 0 Å². The number of carbonyl (C=O) groups excluding carboxylic acids is 3. The van der Waals surface area contributed by atoms with Gasteiger partial charge in [0.1, 0.15) is 5.60 Å². The molecule has 0 aromatic heterocycles. The molecule has 1 saturated carbocycles. The molecule has 1 N–H and O–H groups in total. The molecule has 9 nitrogen and oxygen atoms in total. The van der Waals surface area contributed by atoms with E-state index in [2.05, 4.69) is 5.32 Å². The molecule has 1 aromatic carbocycles. The number of likely N-dealkylation sites (N-methyl/N-ethyl adjacent to an activating group) is 1. The Labute approximate surface area is 262 Å². The van der Waals surface area contributed by atoms with E-state index in [1.54, 1.807) is 11.9 Å². The van der Waals surface area contributed by atoms with Crippen LogP contribution in [-0.4, -0.2) is 79.9 Å². The summed E-state index contributed by atoms with van der Waals surface area (Å²) in [5.41, 5.74) is 0.379. The normalized spacial score (nSPS) is 19.3. The number of hydrogen-bond acceptors (Lipinski definition) is 6. The maximum Gasteiger partial charge on any atom is 0.410 e. The fourth-order valence-corrected chi connectivity index (χ4v) is 6.37. The van der Waals surface area contributed by atoms with E-state index >= 15 is 0 Å². The van der Waals surface area contributed by atoms with E-state index in [4.69, 9.17) is 25.8 Å². The third-order valence-electron chi connectivity index (χ3n) is 8.27. The van der Waals surface area contributed by atoms with Gasteiger partial charge in [0.15, 0.2) is 0 Å². The summed E-state index contributed by atoms with van der Waals surface area (Å²) >= 11 is 6.34. The second-order valence-electron chi connectivity index (χ2n) is 13.1. The highest BCUT2D eigenvalue weighted by atomic mass is 35.5. The lowest BCUT2D eigenvalue weighted by atomic mass is 9.84.